The first-order valence-electron chi connectivity index (χ1n) is 4.85. The molecule has 1 N–H and O–H groups in total. The summed E-state index contributed by atoms with van der Waals surface area (Å²) in [5, 5.41) is 2.97. The molecule has 0 aliphatic rings. The summed E-state index contributed by atoms with van der Waals surface area (Å²) in [5.74, 6) is -0.531. The number of nitrogens with one attached hydrogen (secondary N) is 1. The molecule has 3 nitrogen and oxygen atoms in total. The van der Waals surface area contributed by atoms with Crippen LogP contribution >= 0.6 is 15.9 Å². The van der Waals surface area contributed by atoms with Crippen molar-refractivity contribution in [1.82, 2.24) is 5.32 Å². The lowest BCUT2D eigenvalue weighted by Gasteiger charge is -2.05. The third-order valence-electron chi connectivity index (χ3n) is 2.06. The van der Waals surface area contributed by atoms with Crippen molar-refractivity contribution in [3.05, 3.63) is 34.1 Å². The Hall–Kier alpha value is -0.940. The molecule has 5 heteroatoms. The van der Waals surface area contributed by atoms with Gasteiger partial charge in [0.2, 0.25) is 0 Å². The number of rotatable bonds is 5. The Morgan fingerprint density at radius 2 is 2.31 bits per heavy atom. The fourth-order valence-corrected chi connectivity index (χ4v) is 1.60. The summed E-state index contributed by atoms with van der Waals surface area (Å²) >= 11 is 3.27. The van der Waals surface area contributed by atoms with Crippen LogP contribution in [0.2, 0.25) is 0 Å². The van der Waals surface area contributed by atoms with Gasteiger partial charge in [-0.3, -0.25) is 4.79 Å². The van der Waals surface area contributed by atoms with Gasteiger partial charge in [-0.1, -0.05) is 15.9 Å². The minimum absolute atomic E-state index is 0.256. The standard InChI is InChI=1S/C11H13BrFNO2/c1-16-11(15)4-5-14-7-8-6-9(12)2-3-10(8)13/h2-3,6,14H,4-5,7H2,1H3. The number of hydrogen-bond donors (Lipinski definition) is 1. The van der Waals surface area contributed by atoms with Gasteiger partial charge < -0.3 is 10.1 Å². The van der Waals surface area contributed by atoms with Crippen LogP contribution in [0.15, 0.2) is 22.7 Å². The van der Waals surface area contributed by atoms with Crippen molar-refractivity contribution in [1.29, 1.82) is 0 Å². The van der Waals surface area contributed by atoms with Gasteiger partial charge in [-0.25, -0.2) is 4.39 Å². The summed E-state index contributed by atoms with van der Waals surface area (Å²) in [4.78, 5) is 10.8. The van der Waals surface area contributed by atoms with Gasteiger partial charge in [-0.15, -0.1) is 0 Å². The number of carbonyl (C=O) groups excluding carboxylic acids is 1. The van der Waals surface area contributed by atoms with E-state index in [-0.39, 0.29) is 18.2 Å². The van der Waals surface area contributed by atoms with E-state index in [2.05, 4.69) is 26.0 Å². The van der Waals surface area contributed by atoms with Gasteiger partial charge in [-0.05, 0) is 18.2 Å². The number of methoxy groups -OCH3 is 1. The summed E-state index contributed by atoms with van der Waals surface area (Å²) in [6.45, 7) is 0.862. The number of benzene rings is 1. The second-order valence-corrected chi connectivity index (χ2v) is 4.15. The fraction of sp³-hybridized carbons (Fsp3) is 0.364. The number of halogens is 2. The van der Waals surface area contributed by atoms with Crippen molar-refractivity contribution in [3.63, 3.8) is 0 Å². The van der Waals surface area contributed by atoms with Crippen LogP contribution in [0.1, 0.15) is 12.0 Å². The lowest BCUT2D eigenvalue weighted by Crippen LogP contribution is -2.19. The van der Waals surface area contributed by atoms with Crippen molar-refractivity contribution in [2.45, 2.75) is 13.0 Å². The van der Waals surface area contributed by atoms with Gasteiger partial charge in [0.05, 0.1) is 13.5 Å². The summed E-state index contributed by atoms with van der Waals surface area (Å²) in [5.41, 5.74) is 0.569. The smallest absolute Gasteiger partial charge is 0.306 e. The van der Waals surface area contributed by atoms with E-state index in [1.165, 1.54) is 13.2 Å². The fourth-order valence-electron chi connectivity index (χ4n) is 1.19. The molecule has 0 saturated heterocycles. The van der Waals surface area contributed by atoms with Gasteiger partial charge in [0.15, 0.2) is 0 Å². The van der Waals surface area contributed by atoms with Crippen LogP contribution in [0.5, 0.6) is 0 Å². The molecule has 0 radical (unpaired) electrons. The minimum Gasteiger partial charge on any atom is -0.469 e. The quantitative estimate of drug-likeness (QED) is 0.667. The number of carbonyl (C=O) groups is 1. The number of esters is 1. The predicted octanol–water partition coefficient (Wildman–Crippen LogP) is 2.24. The first kappa shape index (κ1) is 13.1. The van der Waals surface area contributed by atoms with Crippen LogP contribution in [0.25, 0.3) is 0 Å². The topological polar surface area (TPSA) is 38.3 Å². The first-order chi connectivity index (χ1) is 7.63. The van der Waals surface area contributed by atoms with Crippen molar-refractivity contribution in [3.8, 4) is 0 Å². The third kappa shape index (κ3) is 4.28. The van der Waals surface area contributed by atoms with Gasteiger partial charge in [0.1, 0.15) is 5.82 Å². The monoisotopic (exact) mass is 289 g/mol. The maximum absolute atomic E-state index is 13.3. The Morgan fingerprint density at radius 3 is 3.00 bits per heavy atom. The van der Waals surface area contributed by atoms with Crippen LogP contribution in [0.4, 0.5) is 4.39 Å². The maximum atomic E-state index is 13.3. The van der Waals surface area contributed by atoms with Crippen LogP contribution in [-0.4, -0.2) is 19.6 Å². The molecule has 1 rings (SSSR count). The average Bonchev–Trinajstić information content (AvgIpc) is 2.28. The minimum atomic E-state index is -0.276. The van der Waals surface area contributed by atoms with E-state index in [1.54, 1.807) is 12.1 Å². The number of hydrogen-bond acceptors (Lipinski definition) is 3. The molecule has 0 bridgehead atoms. The first-order valence-corrected chi connectivity index (χ1v) is 5.64. The normalized spacial score (nSPS) is 10.2. The van der Waals surface area contributed by atoms with E-state index in [9.17, 15) is 9.18 Å². The zero-order chi connectivity index (χ0) is 12.0. The Kier molecular flexibility index (Phi) is 5.42. The van der Waals surface area contributed by atoms with Crippen molar-refractivity contribution in [2.75, 3.05) is 13.7 Å². The van der Waals surface area contributed by atoms with E-state index in [4.69, 9.17) is 0 Å². The maximum Gasteiger partial charge on any atom is 0.306 e. The Morgan fingerprint density at radius 1 is 1.56 bits per heavy atom. The van der Waals surface area contributed by atoms with E-state index >= 15 is 0 Å². The number of ether oxygens (including phenoxy) is 1. The summed E-state index contributed by atoms with van der Waals surface area (Å²) in [7, 11) is 1.34. The lowest BCUT2D eigenvalue weighted by molar-refractivity contribution is -0.140. The van der Waals surface area contributed by atoms with Gasteiger partial charge >= 0.3 is 5.97 Å². The molecule has 0 amide bonds. The van der Waals surface area contributed by atoms with Gasteiger partial charge in [0, 0.05) is 23.1 Å². The lowest BCUT2D eigenvalue weighted by atomic mass is 10.2. The second-order valence-electron chi connectivity index (χ2n) is 3.24. The molecule has 0 aromatic heterocycles. The molecule has 0 aliphatic heterocycles. The summed E-state index contributed by atoms with van der Waals surface area (Å²) in [6.07, 6.45) is 0.284. The molecular weight excluding hydrogens is 277 g/mol. The highest BCUT2D eigenvalue weighted by atomic mass is 79.9. The van der Waals surface area contributed by atoms with Gasteiger partial charge in [-0.2, -0.15) is 0 Å². The Balaban J connectivity index is 2.37. The average molecular weight is 290 g/mol. The second kappa shape index (κ2) is 6.60. The highest BCUT2D eigenvalue weighted by Crippen LogP contribution is 2.15. The molecule has 0 aliphatic carbocycles. The molecular formula is C11H13BrFNO2. The molecule has 0 saturated carbocycles. The van der Waals surface area contributed by atoms with E-state index in [1.807, 2.05) is 0 Å². The molecule has 0 heterocycles. The Labute approximate surface area is 102 Å². The highest BCUT2D eigenvalue weighted by Gasteiger charge is 2.03. The third-order valence-corrected chi connectivity index (χ3v) is 2.55. The SMILES string of the molecule is COC(=O)CCNCc1cc(Br)ccc1F. The molecule has 16 heavy (non-hydrogen) atoms. The zero-order valence-electron chi connectivity index (χ0n) is 8.93. The largest absolute Gasteiger partial charge is 0.469 e. The predicted molar refractivity (Wildman–Crippen MR) is 62.4 cm³/mol. The molecule has 0 fully saturated rings. The molecule has 1 aromatic carbocycles. The van der Waals surface area contributed by atoms with Crippen molar-refractivity contribution < 1.29 is 13.9 Å². The van der Waals surface area contributed by atoms with Crippen LogP contribution in [0.3, 0.4) is 0 Å². The van der Waals surface area contributed by atoms with E-state index in [0.717, 1.165) is 4.47 Å². The van der Waals surface area contributed by atoms with Crippen molar-refractivity contribution in [2.24, 2.45) is 0 Å². The molecule has 1 aromatic rings. The molecule has 0 unspecified atom stereocenters. The van der Waals surface area contributed by atoms with Crippen molar-refractivity contribution >= 4 is 21.9 Å². The summed E-state index contributed by atoms with van der Waals surface area (Å²) < 4.78 is 18.6. The molecule has 0 atom stereocenters. The van der Waals surface area contributed by atoms with Crippen LogP contribution in [0, 0.1) is 5.82 Å². The zero-order valence-corrected chi connectivity index (χ0v) is 10.5. The molecule has 88 valence electrons. The molecule has 0 spiro atoms. The van der Waals surface area contributed by atoms with Crippen LogP contribution in [-0.2, 0) is 16.1 Å². The van der Waals surface area contributed by atoms with Crippen LogP contribution < -0.4 is 5.32 Å². The van der Waals surface area contributed by atoms with Gasteiger partial charge in [0.25, 0.3) is 0 Å². The summed E-state index contributed by atoms with van der Waals surface area (Å²) in [6, 6.07) is 4.76. The Bertz CT molecular complexity index is 371. The highest BCUT2D eigenvalue weighted by molar-refractivity contribution is 9.10. The van der Waals surface area contributed by atoms with E-state index in [0.29, 0.717) is 18.7 Å². The van der Waals surface area contributed by atoms with E-state index < -0.39 is 0 Å².